The van der Waals surface area contributed by atoms with Crippen molar-refractivity contribution in [1.82, 2.24) is 19.9 Å². The first-order chi connectivity index (χ1) is 9.88. The molecule has 2 aromatic rings. The van der Waals surface area contributed by atoms with E-state index in [1.165, 1.54) is 12.8 Å². The van der Waals surface area contributed by atoms with E-state index in [-0.39, 0.29) is 6.04 Å². The first-order valence-corrected chi connectivity index (χ1v) is 7.09. The Labute approximate surface area is 118 Å². The standard InChI is InChI=1S/C14H19N5O/c1-2-20-13-9-12(17-10-18-13)19-8-4-3-5-11(19)14-15-6-7-16-14/h6-7,9-11H,2-5,8H2,1H3,(H,15,16). The molecule has 1 fully saturated rings. The van der Waals surface area contributed by atoms with Crippen LogP contribution in [-0.4, -0.2) is 33.1 Å². The highest BCUT2D eigenvalue weighted by atomic mass is 16.5. The van der Waals surface area contributed by atoms with Crippen molar-refractivity contribution < 1.29 is 4.74 Å². The molecule has 0 aromatic carbocycles. The molecule has 0 saturated carbocycles. The predicted octanol–water partition coefficient (Wildman–Crippen LogP) is 2.33. The van der Waals surface area contributed by atoms with Crippen LogP contribution in [0, 0.1) is 0 Å². The van der Waals surface area contributed by atoms with Gasteiger partial charge in [0, 0.05) is 25.0 Å². The van der Waals surface area contributed by atoms with Crippen molar-refractivity contribution in [2.75, 3.05) is 18.1 Å². The summed E-state index contributed by atoms with van der Waals surface area (Å²) in [4.78, 5) is 18.4. The van der Waals surface area contributed by atoms with Gasteiger partial charge in [-0.15, -0.1) is 0 Å². The van der Waals surface area contributed by atoms with E-state index < -0.39 is 0 Å². The first kappa shape index (κ1) is 12.9. The second-order valence-corrected chi connectivity index (χ2v) is 4.83. The summed E-state index contributed by atoms with van der Waals surface area (Å²) >= 11 is 0. The number of imidazole rings is 1. The molecule has 1 unspecified atom stereocenters. The molecule has 1 saturated heterocycles. The Morgan fingerprint density at radius 2 is 2.30 bits per heavy atom. The summed E-state index contributed by atoms with van der Waals surface area (Å²) in [6, 6.07) is 2.16. The molecule has 1 atom stereocenters. The van der Waals surface area contributed by atoms with Gasteiger partial charge in [-0.25, -0.2) is 15.0 Å². The monoisotopic (exact) mass is 273 g/mol. The van der Waals surface area contributed by atoms with Gasteiger partial charge >= 0.3 is 0 Å². The third-order valence-electron chi connectivity index (χ3n) is 3.55. The van der Waals surface area contributed by atoms with Gasteiger partial charge in [-0.3, -0.25) is 0 Å². The van der Waals surface area contributed by atoms with E-state index in [1.54, 1.807) is 12.5 Å². The second kappa shape index (κ2) is 5.90. The maximum Gasteiger partial charge on any atom is 0.218 e. The van der Waals surface area contributed by atoms with Crippen LogP contribution in [-0.2, 0) is 0 Å². The van der Waals surface area contributed by atoms with E-state index in [4.69, 9.17) is 4.74 Å². The lowest BCUT2D eigenvalue weighted by Gasteiger charge is -2.35. The topological polar surface area (TPSA) is 66.9 Å². The van der Waals surface area contributed by atoms with Crippen molar-refractivity contribution >= 4 is 5.82 Å². The third kappa shape index (κ3) is 2.59. The highest BCUT2D eigenvalue weighted by Crippen LogP contribution is 2.33. The normalized spacial score (nSPS) is 19.1. The van der Waals surface area contributed by atoms with Crippen LogP contribution in [0.2, 0.25) is 0 Å². The molecule has 0 bridgehead atoms. The van der Waals surface area contributed by atoms with Crippen LogP contribution in [0.1, 0.15) is 38.1 Å². The average molecular weight is 273 g/mol. The van der Waals surface area contributed by atoms with Crippen LogP contribution >= 0.6 is 0 Å². The molecule has 1 aliphatic heterocycles. The van der Waals surface area contributed by atoms with Gasteiger partial charge in [0.1, 0.15) is 18.0 Å². The summed E-state index contributed by atoms with van der Waals surface area (Å²) in [6.07, 6.45) is 8.70. The number of H-pyrrole nitrogens is 1. The minimum absolute atomic E-state index is 0.253. The van der Waals surface area contributed by atoms with Crippen LogP contribution in [0.15, 0.2) is 24.8 Å². The van der Waals surface area contributed by atoms with Gasteiger partial charge < -0.3 is 14.6 Å². The van der Waals surface area contributed by atoms with E-state index in [2.05, 4.69) is 24.8 Å². The Morgan fingerprint density at radius 3 is 3.10 bits per heavy atom. The second-order valence-electron chi connectivity index (χ2n) is 4.83. The number of aromatic amines is 1. The maximum atomic E-state index is 5.46. The molecule has 0 radical (unpaired) electrons. The van der Waals surface area contributed by atoms with Gasteiger partial charge in [0.15, 0.2) is 0 Å². The lowest BCUT2D eigenvalue weighted by atomic mass is 10.0. The molecule has 106 valence electrons. The van der Waals surface area contributed by atoms with Crippen LogP contribution in [0.25, 0.3) is 0 Å². The van der Waals surface area contributed by atoms with Crippen LogP contribution in [0.4, 0.5) is 5.82 Å². The van der Waals surface area contributed by atoms with Crippen LogP contribution in [0.3, 0.4) is 0 Å². The molecule has 6 nitrogen and oxygen atoms in total. The lowest BCUT2D eigenvalue weighted by Crippen LogP contribution is -2.34. The summed E-state index contributed by atoms with van der Waals surface area (Å²) in [7, 11) is 0. The number of hydrogen-bond acceptors (Lipinski definition) is 5. The fraction of sp³-hybridized carbons (Fsp3) is 0.500. The number of hydrogen-bond donors (Lipinski definition) is 1. The number of aromatic nitrogens is 4. The summed E-state index contributed by atoms with van der Waals surface area (Å²) in [5, 5.41) is 0. The van der Waals surface area contributed by atoms with Crippen molar-refractivity contribution in [2.24, 2.45) is 0 Å². The van der Waals surface area contributed by atoms with Crippen molar-refractivity contribution in [1.29, 1.82) is 0 Å². The number of piperidine rings is 1. The summed E-state index contributed by atoms with van der Waals surface area (Å²) in [5.41, 5.74) is 0. The zero-order valence-corrected chi connectivity index (χ0v) is 11.6. The lowest BCUT2D eigenvalue weighted by molar-refractivity contribution is 0.325. The summed E-state index contributed by atoms with van der Waals surface area (Å²) < 4.78 is 5.46. The fourth-order valence-corrected chi connectivity index (χ4v) is 2.66. The van der Waals surface area contributed by atoms with E-state index in [0.717, 1.165) is 24.6 Å². The Morgan fingerprint density at radius 1 is 1.35 bits per heavy atom. The zero-order valence-electron chi connectivity index (χ0n) is 11.6. The summed E-state index contributed by atoms with van der Waals surface area (Å²) in [5.74, 6) is 2.53. The van der Waals surface area contributed by atoms with E-state index in [9.17, 15) is 0 Å². The van der Waals surface area contributed by atoms with Gasteiger partial charge in [0.05, 0.1) is 12.6 Å². The highest BCUT2D eigenvalue weighted by Gasteiger charge is 2.27. The molecule has 1 N–H and O–H groups in total. The van der Waals surface area contributed by atoms with Gasteiger partial charge in [-0.2, -0.15) is 0 Å². The smallest absolute Gasteiger partial charge is 0.218 e. The molecule has 2 aromatic heterocycles. The van der Waals surface area contributed by atoms with Gasteiger partial charge in [0.2, 0.25) is 5.88 Å². The van der Waals surface area contributed by atoms with Crippen molar-refractivity contribution in [3.8, 4) is 5.88 Å². The minimum Gasteiger partial charge on any atom is -0.478 e. The Hall–Kier alpha value is -2.11. The third-order valence-corrected chi connectivity index (χ3v) is 3.55. The van der Waals surface area contributed by atoms with Crippen molar-refractivity contribution in [3.63, 3.8) is 0 Å². The average Bonchev–Trinajstić information content (AvgIpc) is 3.02. The Balaban J connectivity index is 1.87. The quantitative estimate of drug-likeness (QED) is 0.926. The number of anilines is 1. The number of nitrogens with one attached hydrogen (secondary N) is 1. The molecule has 6 heteroatoms. The minimum atomic E-state index is 0.253. The molecular formula is C14H19N5O. The fourth-order valence-electron chi connectivity index (χ4n) is 2.66. The van der Waals surface area contributed by atoms with Gasteiger partial charge in [-0.05, 0) is 26.2 Å². The first-order valence-electron chi connectivity index (χ1n) is 7.09. The molecule has 1 aliphatic rings. The summed E-state index contributed by atoms with van der Waals surface area (Å²) in [6.45, 7) is 3.54. The van der Waals surface area contributed by atoms with Gasteiger partial charge in [0.25, 0.3) is 0 Å². The number of ether oxygens (including phenoxy) is 1. The Bertz CT molecular complexity index is 542. The predicted molar refractivity (Wildman–Crippen MR) is 75.7 cm³/mol. The van der Waals surface area contributed by atoms with Crippen LogP contribution in [0.5, 0.6) is 5.88 Å². The number of nitrogens with zero attached hydrogens (tertiary/aromatic N) is 4. The van der Waals surface area contributed by atoms with E-state index in [1.807, 2.05) is 19.2 Å². The molecule has 0 spiro atoms. The molecule has 0 amide bonds. The maximum absolute atomic E-state index is 5.46. The zero-order chi connectivity index (χ0) is 13.8. The van der Waals surface area contributed by atoms with Crippen LogP contribution < -0.4 is 9.64 Å². The molecular weight excluding hydrogens is 254 g/mol. The molecule has 20 heavy (non-hydrogen) atoms. The van der Waals surface area contributed by atoms with Crippen molar-refractivity contribution in [2.45, 2.75) is 32.2 Å². The molecule has 3 rings (SSSR count). The van der Waals surface area contributed by atoms with E-state index >= 15 is 0 Å². The molecule has 0 aliphatic carbocycles. The van der Waals surface area contributed by atoms with Gasteiger partial charge in [-0.1, -0.05) is 0 Å². The van der Waals surface area contributed by atoms with Crippen molar-refractivity contribution in [3.05, 3.63) is 30.6 Å². The van der Waals surface area contributed by atoms with E-state index in [0.29, 0.717) is 12.5 Å². The highest BCUT2D eigenvalue weighted by molar-refractivity contribution is 5.43. The SMILES string of the molecule is CCOc1cc(N2CCCCC2c2ncc[nH]2)ncn1. The molecule has 3 heterocycles. The number of rotatable bonds is 4. The Kier molecular flexibility index (Phi) is 3.80. The largest absolute Gasteiger partial charge is 0.478 e.